The van der Waals surface area contributed by atoms with Gasteiger partial charge in [0.25, 0.3) is 5.92 Å². The minimum absolute atomic E-state index is 0.110. The largest absolute Gasteiger partial charge is 0.394 e. The minimum atomic E-state index is -3.67. The number of nitrogens with two attached hydrogens (primary N) is 2. The molecule has 4 rings (SSSR count). The van der Waals surface area contributed by atoms with E-state index in [9.17, 15) is 23.8 Å². The number of aliphatic hydroxyl groups excluding tert-OH is 2. The Morgan fingerprint density at radius 3 is 2.69 bits per heavy atom. The number of halogens is 2. The van der Waals surface area contributed by atoms with Gasteiger partial charge in [-0.25, -0.2) is 15.0 Å². The molecule has 1 saturated heterocycles. The number of benzene rings is 1. The number of nitrogens with one attached hydrogen (secondary N) is 1. The number of rotatable bonds is 6. The van der Waals surface area contributed by atoms with E-state index in [1.807, 2.05) is 0 Å². The van der Waals surface area contributed by atoms with E-state index in [-0.39, 0.29) is 17.0 Å². The summed E-state index contributed by atoms with van der Waals surface area (Å²) in [5.41, 5.74) is 11.4. The van der Waals surface area contributed by atoms with Gasteiger partial charge < -0.3 is 31.7 Å². The number of hydrogen-bond donors (Lipinski definition) is 5. The van der Waals surface area contributed by atoms with E-state index >= 15 is 0 Å². The molecule has 0 unspecified atom stereocenters. The lowest BCUT2D eigenvalue weighted by Gasteiger charge is -2.27. The van der Waals surface area contributed by atoms with Crippen molar-refractivity contribution < 1.29 is 28.5 Å². The van der Waals surface area contributed by atoms with E-state index in [4.69, 9.17) is 16.2 Å². The van der Waals surface area contributed by atoms with Crippen LogP contribution in [0, 0.1) is 0 Å². The lowest BCUT2D eigenvalue weighted by Crippen LogP contribution is -2.57. The highest BCUT2D eigenvalue weighted by atomic mass is 19.3. The number of fused-ring (bicyclic) bond motifs is 1. The summed E-state index contributed by atoms with van der Waals surface area (Å²) in [5.74, 6) is -4.77. The minimum Gasteiger partial charge on any atom is -0.394 e. The number of carbonyl (C=O) groups excluding carboxylic acids is 1. The molecule has 3 aromatic rings. The van der Waals surface area contributed by atoms with Gasteiger partial charge in [-0.05, 0) is 0 Å². The SMILES string of the molecule is Nc1ncnc2c1ncn2[C@@H]1O[C@H](CO)[C@@H](NC(=O)[C@@H](N)C(F)(F)c2ccccc2)[C@H]1O. The highest BCUT2D eigenvalue weighted by Crippen LogP contribution is 2.34. The Kier molecular flexibility index (Phi) is 5.73. The smallest absolute Gasteiger partial charge is 0.296 e. The molecular formula is C19H21F2N7O4. The van der Waals surface area contributed by atoms with E-state index in [0.717, 1.165) is 12.1 Å². The van der Waals surface area contributed by atoms with Gasteiger partial charge in [0.15, 0.2) is 23.7 Å². The van der Waals surface area contributed by atoms with Crippen LogP contribution in [0.15, 0.2) is 43.0 Å². The van der Waals surface area contributed by atoms with Crippen LogP contribution in [0.4, 0.5) is 14.6 Å². The Bertz CT molecular complexity index is 1110. The van der Waals surface area contributed by atoms with Crippen LogP contribution in [-0.4, -0.2) is 66.5 Å². The maximum atomic E-state index is 14.7. The zero-order valence-electron chi connectivity index (χ0n) is 16.5. The molecule has 32 heavy (non-hydrogen) atoms. The first-order chi connectivity index (χ1) is 15.3. The second-order valence-electron chi connectivity index (χ2n) is 7.32. The molecule has 1 fully saturated rings. The molecule has 0 spiro atoms. The molecule has 0 saturated carbocycles. The average molecular weight is 449 g/mol. The molecule has 1 aliphatic rings. The van der Waals surface area contributed by atoms with Crippen molar-refractivity contribution in [1.82, 2.24) is 24.8 Å². The van der Waals surface area contributed by atoms with Crippen molar-refractivity contribution in [1.29, 1.82) is 0 Å². The molecular weight excluding hydrogens is 428 g/mol. The lowest BCUT2D eigenvalue weighted by atomic mass is 10.00. The second-order valence-corrected chi connectivity index (χ2v) is 7.32. The quantitative estimate of drug-likeness (QED) is 0.325. The van der Waals surface area contributed by atoms with Gasteiger partial charge in [-0.2, -0.15) is 8.78 Å². The third-order valence-electron chi connectivity index (χ3n) is 5.36. The number of carbonyl (C=O) groups is 1. The average Bonchev–Trinajstić information content (AvgIpc) is 3.35. The lowest BCUT2D eigenvalue weighted by molar-refractivity contribution is -0.134. The number of aromatic nitrogens is 4. The first-order valence-corrected chi connectivity index (χ1v) is 9.62. The number of imidazole rings is 1. The summed E-state index contributed by atoms with van der Waals surface area (Å²) in [6, 6.07) is 3.21. The van der Waals surface area contributed by atoms with Gasteiger partial charge in [0, 0.05) is 5.56 Å². The number of nitrogens with zero attached hydrogens (tertiary/aromatic N) is 4. The number of hydrogen-bond acceptors (Lipinski definition) is 9. The first kappa shape index (κ1) is 22.0. The third kappa shape index (κ3) is 3.64. The van der Waals surface area contributed by atoms with Crippen LogP contribution in [0.2, 0.25) is 0 Å². The van der Waals surface area contributed by atoms with Crippen molar-refractivity contribution in [2.45, 2.75) is 36.4 Å². The van der Waals surface area contributed by atoms with Crippen molar-refractivity contribution >= 4 is 22.9 Å². The van der Waals surface area contributed by atoms with Crippen molar-refractivity contribution in [3.05, 3.63) is 48.5 Å². The Morgan fingerprint density at radius 1 is 1.28 bits per heavy atom. The van der Waals surface area contributed by atoms with Crippen molar-refractivity contribution in [2.75, 3.05) is 12.3 Å². The zero-order valence-corrected chi connectivity index (χ0v) is 16.5. The molecule has 3 heterocycles. The fraction of sp³-hybridized carbons (Fsp3) is 0.368. The Balaban J connectivity index is 1.55. The first-order valence-electron chi connectivity index (χ1n) is 9.62. The summed E-state index contributed by atoms with van der Waals surface area (Å²) in [5, 5.41) is 22.8. The summed E-state index contributed by atoms with van der Waals surface area (Å²) in [6.45, 7) is -0.605. The van der Waals surface area contributed by atoms with E-state index in [1.54, 1.807) is 6.07 Å². The van der Waals surface area contributed by atoms with Crippen LogP contribution in [-0.2, 0) is 15.5 Å². The Labute approximate surface area is 180 Å². The molecule has 5 atom stereocenters. The number of aliphatic hydroxyl groups is 2. The van der Waals surface area contributed by atoms with Gasteiger partial charge in [-0.15, -0.1) is 0 Å². The summed E-state index contributed by atoms with van der Waals surface area (Å²) < 4.78 is 36.4. The van der Waals surface area contributed by atoms with Gasteiger partial charge in [-0.1, -0.05) is 30.3 Å². The molecule has 0 radical (unpaired) electrons. The molecule has 7 N–H and O–H groups in total. The van der Waals surface area contributed by atoms with Crippen molar-refractivity contribution in [3.8, 4) is 0 Å². The van der Waals surface area contributed by atoms with Crippen LogP contribution in [0.25, 0.3) is 11.2 Å². The van der Waals surface area contributed by atoms with Crippen LogP contribution >= 0.6 is 0 Å². The molecule has 170 valence electrons. The number of amides is 1. The van der Waals surface area contributed by atoms with Crippen molar-refractivity contribution in [3.63, 3.8) is 0 Å². The van der Waals surface area contributed by atoms with Gasteiger partial charge in [0.2, 0.25) is 5.91 Å². The van der Waals surface area contributed by atoms with E-state index < -0.39 is 54.5 Å². The summed E-state index contributed by atoms with van der Waals surface area (Å²) in [7, 11) is 0. The zero-order chi connectivity index (χ0) is 23.0. The summed E-state index contributed by atoms with van der Waals surface area (Å²) in [6.07, 6.45) is -1.18. The standard InChI is InChI=1S/C19H21F2N7O4/c20-19(21,9-4-2-1-3-5-9)14(22)17(31)27-11-10(6-29)32-18(13(11)30)28-8-26-12-15(23)24-7-25-16(12)28/h1-5,7-8,10-11,13-14,18,29-30H,6,22H2,(H,27,31)(H2,23,24,25)/t10-,11-,13-,14-,18-/m1/s1. The second kappa shape index (κ2) is 8.35. The van der Waals surface area contributed by atoms with Crippen LogP contribution < -0.4 is 16.8 Å². The maximum Gasteiger partial charge on any atom is 0.296 e. The molecule has 11 nitrogen and oxygen atoms in total. The van der Waals surface area contributed by atoms with Crippen LogP contribution in [0.1, 0.15) is 11.8 Å². The van der Waals surface area contributed by atoms with Crippen LogP contribution in [0.5, 0.6) is 0 Å². The summed E-state index contributed by atoms with van der Waals surface area (Å²) in [4.78, 5) is 24.5. The van der Waals surface area contributed by atoms with E-state index in [0.29, 0.717) is 0 Å². The number of nitrogen functional groups attached to an aromatic ring is 1. The Morgan fingerprint density at radius 2 is 2.00 bits per heavy atom. The molecule has 1 aliphatic heterocycles. The van der Waals surface area contributed by atoms with Crippen molar-refractivity contribution in [2.24, 2.45) is 5.73 Å². The predicted octanol–water partition coefficient (Wildman–Crippen LogP) is -0.737. The molecule has 0 bridgehead atoms. The van der Waals surface area contributed by atoms with Gasteiger partial charge in [-0.3, -0.25) is 9.36 Å². The number of alkyl halides is 2. The van der Waals surface area contributed by atoms with Gasteiger partial charge in [0.05, 0.1) is 19.0 Å². The number of ether oxygens (including phenoxy) is 1. The van der Waals surface area contributed by atoms with Crippen LogP contribution in [0.3, 0.4) is 0 Å². The topological polar surface area (TPSA) is 174 Å². The molecule has 0 aliphatic carbocycles. The Hall–Kier alpha value is -3.26. The summed E-state index contributed by atoms with van der Waals surface area (Å²) >= 11 is 0. The maximum absolute atomic E-state index is 14.7. The van der Waals surface area contributed by atoms with Gasteiger partial charge >= 0.3 is 0 Å². The molecule has 2 aromatic heterocycles. The molecule has 13 heteroatoms. The highest BCUT2D eigenvalue weighted by Gasteiger charge is 2.49. The predicted molar refractivity (Wildman–Crippen MR) is 107 cm³/mol. The fourth-order valence-electron chi connectivity index (χ4n) is 3.62. The molecule has 1 aromatic carbocycles. The highest BCUT2D eigenvalue weighted by molar-refractivity contribution is 5.83. The monoisotopic (exact) mass is 449 g/mol. The van der Waals surface area contributed by atoms with E-state index in [1.165, 1.54) is 29.4 Å². The normalized spacial score (nSPS) is 24.5. The van der Waals surface area contributed by atoms with E-state index in [2.05, 4.69) is 20.3 Å². The molecule has 1 amide bonds. The third-order valence-corrected chi connectivity index (χ3v) is 5.36. The number of anilines is 1. The van der Waals surface area contributed by atoms with Gasteiger partial charge in [0.1, 0.15) is 24.1 Å². The fourth-order valence-corrected chi connectivity index (χ4v) is 3.62.